The third-order valence-electron chi connectivity index (χ3n) is 6.14. The molecule has 1 fully saturated rings. The van der Waals surface area contributed by atoms with E-state index in [0.717, 1.165) is 60.2 Å². The van der Waals surface area contributed by atoms with Gasteiger partial charge in [-0.05, 0) is 82.2 Å². The number of carbonyl (C=O) groups excluding carboxylic acids is 2. The summed E-state index contributed by atoms with van der Waals surface area (Å²) in [5.41, 5.74) is 6.39. The standard InChI is InChI=1S/C26H39N3O3/c1-7-29(23-15-32-16-23)25(12-18(2)3)19(4)13-26(31)27-14-22-10-8-9-11-24(20(22)5)21(6)28-17-30/h10,12-13,17,21,23H,2,7-9,11,14-16H2,1,3-6H3,(H,27,31)(H,28,30)/b19-13+,25-12+. The van der Waals surface area contributed by atoms with Crippen molar-refractivity contribution in [1.82, 2.24) is 15.5 Å². The van der Waals surface area contributed by atoms with E-state index in [4.69, 9.17) is 4.74 Å². The van der Waals surface area contributed by atoms with E-state index in [0.29, 0.717) is 25.8 Å². The quantitative estimate of drug-likeness (QED) is 0.291. The molecule has 0 aromatic heterocycles. The van der Waals surface area contributed by atoms with Crippen molar-refractivity contribution in [3.63, 3.8) is 0 Å². The summed E-state index contributed by atoms with van der Waals surface area (Å²) in [6, 6.07) is 0.332. The van der Waals surface area contributed by atoms with Crippen LogP contribution in [0.25, 0.3) is 0 Å². The normalized spacial score (nSPS) is 18.8. The molecule has 0 aromatic rings. The molecular formula is C26H39N3O3. The molecule has 1 aliphatic carbocycles. The van der Waals surface area contributed by atoms with Crippen LogP contribution in [0, 0.1) is 0 Å². The summed E-state index contributed by atoms with van der Waals surface area (Å²) in [6.45, 7) is 16.9. The number of nitrogens with one attached hydrogen (secondary N) is 2. The number of likely N-dealkylation sites (N-methyl/N-ethyl adjacent to an activating group) is 1. The first kappa shape index (κ1) is 25.7. The van der Waals surface area contributed by atoms with Crippen molar-refractivity contribution in [3.8, 4) is 0 Å². The second-order valence-electron chi connectivity index (χ2n) is 8.68. The number of carbonyl (C=O) groups is 2. The van der Waals surface area contributed by atoms with Gasteiger partial charge in [-0.15, -0.1) is 0 Å². The Balaban J connectivity index is 2.13. The summed E-state index contributed by atoms with van der Waals surface area (Å²) in [4.78, 5) is 25.9. The van der Waals surface area contributed by atoms with E-state index in [1.165, 1.54) is 5.57 Å². The largest absolute Gasteiger partial charge is 0.377 e. The van der Waals surface area contributed by atoms with E-state index in [2.05, 4.69) is 42.0 Å². The van der Waals surface area contributed by atoms with Gasteiger partial charge in [0.1, 0.15) is 0 Å². The second-order valence-corrected chi connectivity index (χ2v) is 8.68. The highest BCUT2D eigenvalue weighted by molar-refractivity contribution is 5.89. The van der Waals surface area contributed by atoms with Crippen LogP contribution >= 0.6 is 0 Å². The molecule has 6 heteroatoms. The Labute approximate surface area is 193 Å². The maximum atomic E-state index is 12.8. The lowest BCUT2D eigenvalue weighted by Crippen LogP contribution is -2.48. The minimum Gasteiger partial charge on any atom is -0.377 e. The minimum atomic E-state index is -0.116. The first-order chi connectivity index (χ1) is 15.3. The van der Waals surface area contributed by atoms with Gasteiger partial charge in [-0.2, -0.15) is 0 Å². The van der Waals surface area contributed by atoms with Gasteiger partial charge in [-0.25, -0.2) is 0 Å². The molecule has 176 valence electrons. The van der Waals surface area contributed by atoms with Gasteiger partial charge < -0.3 is 20.3 Å². The molecule has 1 atom stereocenters. The Kier molecular flexibility index (Phi) is 9.97. The van der Waals surface area contributed by atoms with Crippen molar-refractivity contribution in [2.45, 2.75) is 66.0 Å². The minimum absolute atomic E-state index is 0.00260. The predicted molar refractivity (Wildman–Crippen MR) is 130 cm³/mol. The maximum absolute atomic E-state index is 12.8. The molecule has 0 spiro atoms. The fourth-order valence-corrected chi connectivity index (χ4v) is 4.25. The van der Waals surface area contributed by atoms with Crippen LogP contribution in [0.2, 0.25) is 0 Å². The first-order valence-electron chi connectivity index (χ1n) is 11.5. The predicted octanol–water partition coefficient (Wildman–Crippen LogP) is 3.79. The summed E-state index contributed by atoms with van der Waals surface area (Å²) in [5.74, 6) is -0.116. The number of hydrogen-bond donors (Lipinski definition) is 2. The molecule has 0 radical (unpaired) electrons. The molecule has 1 aliphatic heterocycles. The molecule has 2 rings (SSSR count). The summed E-state index contributed by atoms with van der Waals surface area (Å²) in [5, 5.41) is 5.91. The van der Waals surface area contributed by atoms with Gasteiger partial charge in [0.25, 0.3) is 0 Å². The number of nitrogens with zero attached hydrogens (tertiary/aromatic N) is 1. The average Bonchev–Trinajstić information content (AvgIpc) is 2.88. The zero-order valence-corrected chi connectivity index (χ0v) is 20.3. The van der Waals surface area contributed by atoms with Crippen molar-refractivity contribution in [3.05, 3.63) is 58.4 Å². The van der Waals surface area contributed by atoms with Gasteiger partial charge in [-0.3, -0.25) is 9.59 Å². The number of ether oxygens (including phenoxy) is 1. The summed E-state index contributed by atoms with van der Waals surface area (Å²) in [6.07, 6.45) is 9.62. The Morgan fingerprint density at radius 2 is 2.06 bits per heavy atom. The molecule has 6 nitrogen and oxygen atoms in total. The van der Waals surface area contributed by atoms with Crippen molar-refractivity contribution >= 4 is 12.3 Å². The number of amides is 2. The Morgan fingerprint density at radius 1 is 1.34 bits per heavy atom. The van der Waals surface area contributed by atoms with Crippen molar-refractivity contribution in [2.75, 3.05) is 26.3 Å². The van der Waals surface area contributed by atoms with Gasteiger partial charge in [-0.1, -0.05) is 18.2 Å². The molecule has 32 heavy (non-hydrogen) atoms. The summed E-state index contributed by atoms with van der Waals surface area (Å²) < 4.78 is 5.38. The zero-order chi connectivity index (χ0) is 23.7. The second kappa shape index (κ2) is 12.4. The molecule has 2 N–H and O–H groups in total. The third kappa shape index (κ3) is 6.95. The van der Waals surface area contributed by atoms with Gasteiger partial charge >= 0.3 is 0 Å². The molecule has 0 bridgehead atoms. The van der Waals surface area contributed by atoms with E-state index in [-0.39, 0.29) is 11.9 Å². The molecule has 1 unspecified atom stereocenters. The van der Waals surface area contributed by atoms with E-state index in [9.17, 15) is 9.59 Å². The van der Waals surface area contributed by atoms with Crippen molar-refractivity contribution in [1.29, 1.82) is 0 Å². The highest BCUT2D eigenvalue weighted by Gasteiger charge is 2.27. The topological polar surface area (TPSA) is 70.7 Å². The van der Waals surface area contributed by atoms with Crippen LogP contribution in [0.1, 0.15) is 53.9 Å². The Morgan fingerprint density at radius 3 is 2.62 bits per heavy atom. The monoisotopic (exact) mass is 441 g/mol. The Hall–Kier alpha value is -2.60. The summed E-state index contributed by atoms with van der Waals surface area (Å²) >= 11 is 0. The third-order valence-corrected chi connectivity index (χ3v) is 6.14. The first-order valence-corrected chi connectivity index (χ1v) is 11.5. The Bertz CT molecular complexity index is 831. The van der Waals surface area contributed by atoms with Gasteiger partial charge in [0, 0.05) is 30.9 Å². The molecule has 2 aliphatic rings. The van der Waals surface area contributed by atoms with Crippen molar-refractivity contribution < 1.29 is 14.3 Å². The number of allylic oxidation sites excluding steroid dienone is 4. The number of hydrogen-bond acceptors (Lipinski definition) is 4. The van der Waals surface area contributed by atoms with E-state index >= 15 is 0 Å². The van der Waals surface area contributed by atoms with E-state index in [1.54, 1.807) is 6.08 Å². The molecule has 2 amide bonds. The lowest BCUT2D eigenvalue weighted by molar-refractivity contribution is -0.116. The van der Waals surface area contributed by atoms with Crippen LogP contribution in [0.3, 0.4) is 0 Å². The fraction of sp³-hybridized carbons (Fsp3) is 0.538. The van der Waals surface area contributed by atoms with Crippen LogP contribution in [-0.2, 0) is 14.3 Å². The molecule has 0 aromatic carbocycles. The van der Waals surface area contributed by atoms with Crippen LogP contribution in [0.4, 0.5) is 0 Å². The highest BCUT2D eigenvalue weighted by Crippen LogP contribution is 2.26. The van der Waals surface area contributed by atoms with Crippen molar-refractivity contribution in [2.24, 2.45) is 0 Å². The lowest BCUT2D eigenvalue weighted by Gasteiger charge is -2.40. The van der Waals surface area contributed by atoms with E-state index < -0.39 is 0 Å². The maximum Gasteiger partial charge on any atom is 0.244 e. The van der Waals surface area contributed by atoms with Crippen LogP contribution < -0.4 is 10.6 Å². The van der Waals surface area contributed by atoms with Gasteiger partial charge in [0.2, 0.25) is 12.3 Å². The smallest absolute Gasteiger partial charge is 0.244 e. The molecule has 1 heterocycles. The SMILES string of the molecule is C=C(C)/C=C(\C(C)=C\C(=O)NCC1=CCCCC(C(C)NC=O)=C1C)N(CC)C1COC1. The lowest BCUT2D eigenvalue weighted by atomic mass is 9.95. The van der Waals surface area contributed by atoms with E-state index in [1.807, 2.05) is 26.8 Å². The number of rotatable bonds is 11. The fourth-order valence-electron chi connectivity index (χ4n) is 4.25. The van der Waals surface area contributed by atoms with Gasteiger partial charge in [0.05, 0.1) is 19.3 Å². The highest BCUT2D eigenvalue weighted by atomic mass is 16.5. The molecular weight excluding hydrogens is 402 g/mol. The molecule has 1 saturated heterocycles. The molecule has 0 saturated carbocycles. The van der Waals surface area contributed by atoms with Gasteiger partial charge in [0.15, 0.2) is 0 Å². The average molecular weight is 442 g/mol. The van der Waals surface area contributed by atoms with Crippen LogP contribution in [0.5, 0.6) is 0 Å². The van der Waals surface area contributed by atoms with Crippen LogP contribution in [0.15, 0.2) is 58.4 Å². The zero-order valence-electron chi connectivity index (χ0n) is 20.3. The summed E-state index contributed by atoms with van der Waals surface area (Å²) in [7, 11) is 0. The van der Waals surface area contributed by atoms with Crippen LogP contribution in [-0.4, -0.2) is 55.6 Å².